The third-order valence-corrected chi connectivity index (χ3v) is 6.05. The highest BCUT2D eigenvalue weighted by Crippen LogP contribution is 2.34. The Labute approximate surface area is 184 Å². The van der Waals surface area contributed by atoms with Gasteiger partial charge in [0.2, 0.25) is 0 Å². The maximum atomic E-state index is 12.8. The second-order valence-corrected chi connectivity index (χ2v) is 9.17. The van der Waals surface area contributed by atoms with Gasteiger partial charge in [-0.25, -0.2) is 4.98 Å². The predicted octanol–water partition coefficient (Wildman–Crippen LogP) is 3.36. The van der Waals surface area contributed by atoms with Crippen molar-refractivity contribution in [2.75, 3.05) is 13.2 Å². The van der Waals surface area contributed by atoms with Gasteiger partial charge in [0.05, 0.1) is 11.7 Å². The van der Waals surface area contributed by atoms with Gasteiger partial charge in [-0.2, -0.15) is 5.10 Å². The standard InChI is InChI=1S/C24H26N6O2/c1-24(2,13-31)12-26-23(32)14-5-6-20-16(7-14)18(11-29(20)3)19-8-17-21-15(10-27-30(21)4)9-25-22(17)28-19/h5-11,31H,12-13H2,1-4H3,(H,25,28)(H,26,32). The van der Waals surface area contributed by atoms with Crippen molar-refractivity contribution >= 4 is 38.7 Å². The molecule has 0 aliphatic carbocycles. The first-order valence-electron chi connectivity index (χ1n) is 10.6. The van der Waals surface area contributed by atoms with Crippen molar-refractivity contribution in [3.05, 3.63) is 48.4 Å². The summed E-state index contributed by atoms with van der Waals surface area (Å²) in [5.41, 5.74) is 5.02. The third-order valence-electron chi connectivity index (χ3n) is 6.05. The van der Waals surface area contributed by atoms with Crippen LogP contribution in [0.25, 0.3) is 44.1 Å². The highest BCUT2D eigenvalue weighted by atomic mass is 16.3. The zero-order valence-electron chi connectivity index (χ0n) is 18.6. The molecule has 1 amide bonds. The molecule has 0 saturated carbocycles. The number of aliphatic hydroxyl groups is 1. The zero-order chi connectivity index (χ0) is 22.6. The molecule has 0 spiro atoms. The molecule has 0 unspecified atom stereocenters. The first-order chi connectivity index (χ1) is 15.3. The second-order valence-electron chi connectivity index (χ2n) is 9.17. The van der Waals surface area contributed by atoms with E-state index in [0.717, 1.165) is 44.1 Å². The number of aromatic nitrogens is 5. The van der Waals surface area contributed by atoms with E-state index in [-0.39, 0.29) is 17.9 Å². The number of hydrogen-bond acceptors (Lipinski definition) is 4. The lowest BCUT2D eigenvalue weighted by molar-refractivity contribution is 0.0911. The number of carbonyl (C=O) groups is 1. The SMILES string of the molecule is Cn1cc(-c2cc3c(ncc4cnn(C)c43)[nH]2)c2cc(C(=O)NCC(C)(C)CO)ccc21. The molecule has 164 valence electrons. The number of nitrogens with zero attached hydrogens (tertiary/aromatic N) is 4. The van der Waals surface area contributed by atoms with Crippen molar-refractivity contribution in [2.45, 2.75) is 13.8 Å². The van der Waals surface area contributed by atoms with Gasteiger partial charge in [-0.15, -0.1) is 0 Å². The Morgan fingerprint density at radius 2 is 2.00 bits per heavy atom. The van der Waals surface area contributed by atoms with Gasteiger partial charge < -0.3 is 20.0 Å². The predicted molar refractivity (Wildman–Crippen MR) is 125 cm³/mol. The summed E-state index contributed by atoms with van der Waals surface area (Å²) >= 11 is 0. The van der Waals surface area contributed by atoms with Crippen LogP contribution in [0, 0.1) is 5.41 Å². The topological polar surface area (TPSA) is 101 Å². The van der Waals surface area contributed by atoms with E-state index in [2.05, 4.69) is 37.2 Å². The van der Waals surface area contributed by atoms with E-state index in [1.54, 1.807) is 0 Å². The molecule has 0 aliphatic rings. The van der Waals surface area contributed by atoms with E-state index in [0.29, 0.717) is 12.1 Å². The Morgan fingerprint density at radius 1 is 1.19 bits per heavy atom. The molecule has 5 aromatic rings. The number of aromatic amines is 1. The van der Waals surface area contributed by atoms with E-state index in [9.17, 15) is 9.90 Å². The molecule has 0 fully saturated rings. The van der Waals surface area contributed by atoms with E-state index in [1.165, 1.54) is 0 Å². The van der Waals surface area contributed by atoms with Crippen molar-refractivity contribution < 1.29 is 9.90 Å². The molecule has 8 nitrogen and oxygen atoms in total. The minimum atomic E-state index is -0.369. The molecule has 0 atom stereocenters. The highest BCUT2D eigenvalue weighted by Gasteiger charge is 2.19. The minimum Gasteiger partial charge on any atom is -0.396 e. The van der Waals surface area contributed by atoms with Gasteiger partial charge in [-0.1, -0.05) is 13.8 Å². The Balaban J connectivity index is 1.59. The first-order valence-corrected chi connectivity index (χ1v) is 10.6. The van der Waals surface area contributed by atoms with Gasteiger partial charge in [-0.3, -0.25) is 9.48 Å². The minimum absolute atomic E-state index is 0.00744. The normalized spacial score (nSPS) is 12.3. The Bertz CT molecular complexity index is 1490. The number of hydrogen-bond donors (Lipinski definition) is 3. The lowest BCUT2D eigenvalue weighted by atomic mass is 9.95. The van der Waals surface area contributed by atoms with Crippen molar-refractivity contribution in [3.8, 4) is 11.3 Å². The summed E-state index contributed by atoms with van der Waals surface area (Å²) in [6.45, 7) is 4.23. The molecule has 1 aromatic carbocycles. The molecular weight excluding hydrogens is 404 g/mol. The van der Waals surface area contributed by atoms with Crippen LogP contribution < -0.4 is 5.32 Å². The molecule has 0 radical (unpaired) electrons. The molecule has 0 saturated heterocycles. The Morgan fingerprint density at radius 3 is 2.78 bits per heavy atom. The molecular formula is C24H26N6O2. The smallest absolute Gasteiger partial charge is 0.251 e. The number of rotatable bonds is 5. The Kier molecular flexibility index (Phi) is 4.56. The molecule has 32 heavy (non-hydrogen) atoms. The largest absolute Gasteiger partial charge is 0.396 e. The van der Waals surface area contributed by atoms with E-state index >= 15 is 0 Å². The summed E-state index contributed by atoms with van der Waals surface area (Å²) < 4.78 is 3.91. The van der Waals surface area contributed by atoms with Crippen molar-refractivity contribution in [2.24, 2.45) is 19.5 Å². The molecule has 4 heterocycles. The van der Waals surface area contributed by atoms with Crippen LogP contribution in [0.2, 0.25) is 0 Å². The summed E-state index contributed by atoms with van der Waals surface area (Å²) in [5, 5.41) is 19.7. The van der Waals surface area contributed by atoms with E-state index < -0.39 is 0 Å². The Hall–Kier alpha value is -3.65. The summed E-state index contributed by atoms with van der Waals surface area (Å²) in [6.07, 6.45) is 5.70. The fraction of sp³-hybridized carbons (Fsp3) is 0.292. The van der Waals surface area contributed by atoms with Crippen LogP contribution in [-0.4, -0.2) is 48.5 Å². The van der Waals surface area contributed by atoms with Crippen molar-refractivity contribution in [1.29, 1.82) is 0 Å². The third kappa shape index (κ3) is 3.23. The summed E-state index contributed by atoms with van der Waals surface area (Å²) in [7, 11) is 3.92. The number of fused-ring (bicyclic) bond motifs is 4. The van der Waals surface area contributed by atoms with Crippen LogP contribution in [0.5, 0.6) is 0 Å². The number of carbonyl (C=O) groups excluding carboxylic acids is 1. The molecule has 8 heteroatoms. The quantitative estimate of drug-likeness (QED) is 0.398. The first kappa shape index (κ1) is 20.3. The van der Waals surface area contributed by atoms with Crippen molar-refractivity contribution in [3.63, 3.8) is 0 Å². The lowest BCUT2D eigenvalue weighted by Crippen LogP contribution is -2.36. The van der Waals surface area contributed by atoms with Gasteiger partial charge in [0.15, 0.2) is 0 Å². The van der Waals surface area contributed by atoms with Gasteiger partial charge in [-0.05, 0) is 24.3 Å². The summed E-state index contributed by atoms with van der Waals surface area (Å²) in [6, 6.07) is 7.81. The van der Waals surface area contributed by atoms with Crippen LogP contribution in [0.3, 0.4) is 0 Å². The van der Waals surface area contributed by atoms with Gasteiger partial charge in [0, 0.05) is 83.6 Å². The zero-order valence-corrected chi connectivity index (χ0v) is 18.6. The molecule has 5 rings (SSSR count). The fourth-order valence-corrected chi connectivity index (χ4v) is 4.11. The fourth-order valence-electron chi connectivity index (χ4n) is 4.11. The number of aliphatic hydroxyl groups excluding tert-OH is 1. The van der Waals surface area contributed by atoms with Gasteiger partial charge in [0.25, 0.3) is 5.91 Å². The summed E-state index contributed by atoms with van der Waals surface area (Å²) in [4.78, 5) is 20.8. The highest BCUT2D eigenvalue weighted by molar-refractivity contribution is 6.07. The molecule has 0 bridgehead atoms. The molecule has 3 N–H and O–H groups in total. The average Bonchev–Trinajstić information content (AvgIpc) is 3.47. The second kappa shape index (κ2) is 7.20. The molecule has 0 aliphatic heterocycles. The van der Waals surface area contributed by atoms with E-state index in [1.807, 2.05) is 63.2 Å². The maximum Gasteiger partial charge on any atom is 0.251 e. The van der Waals surface area contributed by atoms with Gasteiger partial charge >= 0.3 is 0 Å². The number of pyridine rings is 1. The van der Waals surface area contributed by atoms with Crippen LogP contribution in [0.4, 0.5) is 0 Å². The van der Waals surface area contributed by atoms with Crippen LogP contribution in [0.15, 0.2) is 42.9 Å². The van der Waals surface area contributed by atoms with Crippen LogP contribution in [-0.2, 0) is 14.1 Å². The number of amides is 1. The number of H-pyrrole nitrogens is 1. The summed E-state index contributed by atoms with van der Waals surface area (Å²) in [5.74, 6) is -0.155. The number of benzene rings is 1. The van der Waals surface area contributed by atoms with Gasteiger partial charge in [0.1, 0.15) is 5.65 Å². The average molecular weight is 431 g/mol. The molecule has 4 aromatic heterocycles. The van der Waals surface area contributed by atoms with Crippen LogP contribution in [0.1, 0.15) is 24.2 Å². The maximum absolute atomic E-state index is 12.8. The number of aryl methyl sites for hydroxylation is 2. The monoisotopic (exact) mass is 430 g/mol. The number of nitrogens with one attached hydrogen (secondary N) is 2. The van der Waals surface area contributed by atoms with Crippen LogP contribution >= 0.6 is 0 Å². The van der Waals surface area contributed by atoms with Crippen molar-refractivity contribution in [1.82, 2.24) is 29.6 Å². The van der Waals surface area contributed by atoms with E-state index in [4.69, 9.17) is 0 Å². The lowest BCUT2D eigenvalue weighted by Gasteiger charge is -2.21.